The van der Waals surface area contributed by atoms with E-state index in [2.05, 4.69) is 87.6 Å². The lowest BCUT2D eigenvalue weighted by molar-refractivity contribution is 0.105. The first kappa shape index (κ1) is 30.5. The standard InChI is InChI=1S/C36H56N2/c1-5-14-29(3)16-9-10-23-36(24-13-25-36)28-38-34(15-6-2)22-12-19-31-18-11-21-33(26-31)35(37)27-32-20-8-7-17-30(32)4/h7-8,11,17-18,20-21,26-27,29,34,38H,5-6,9-10,12-16,19,22-25,28,37H2,1-4H3/b35-27-. The van der Waals surface area contributed by atoms with Crippen molar-refractivity contribution in [2.45, 2.75) is 124 Å². The molecule has 3 rings (SSSR count). The molecule has 210 valence electrons. The van der Waals surface area contributed by atoms with Gasteiger partial charge >= 0.3 is 0 Å². The minimum Gasteiger partial charge on any atom is -0.398 e. The largest absolute Gasteiger partial charge is 0.398 e. The fraction of sp³-hybridized carbons (Fsp3) is 0.611. The number of unbranched alkanes of at least 4 members (excludes halogenated alkanes) is 1. The molecule has 0 heterocycles. The predicted octanol–water partition coefficient (Wildman–Crippen LogP) is 9.70. The van der Waals surface area contributed by atoms with Crippen LogP contribution in [-0.2, 0) is 6.42 Å². The van der Waals surface area contributed by atoms with Crippen LogP contribution in [-0.4, -0.2) is 12.6 Å². The van der Waals surface area contributed by atoms with E-state index in [1.807, 2.05) is 0 Å². The monoisotopic (exact) mass is 516 g/mol. The Labute approximate surface area is 234 Å². The minimum atomic E-state index is 0.593. The maximum absolute atomic E-state index is 6.50. The van der Waals surface area contributed by atoms with Crippen LogP contribution in [0.15, 0.2) is 48.5 Å². The molecule has 0 aromatic heterocycles. The molecule has 38 heavy (non-hydrogen) atoms. The van der Waals surface area contributed by atoms with Crippen molar-refractivity contribution in [1.82, 2.24) is 5.32 Å². The van der Waals surface area contributed by atoms with E-state index in [1.165, 1.54) is 107 Å². The van der Waals surface area contributed by atoms with E-state index in [4.69, 9.17) is 5.73 Å². The smallest absolute Gasteiger partial charge is 0.0393 e. The maximum atomic E-state index is 6.50. The summed E-state index contributed by atoms with van der Waals surface area (Å²) in [5.41, 5.74) is 12.9. The van der Waals surface area contributed by atoms with E-state index < -0.39 is 0 Å². The second kappa shape index (κ2) is 16.1. The molecule has 0 spiro atoms. The predicted molar refractivity (Wildman–Crippen MR) is 168 cm³/mol. The molecule has 0 saturated heterocycles. The van der Waals surface area contributed by atoms with Crippen LogP contribution in [0.5, 0.6) is 0 Å². The van der Waals surface area contributed by atoms with Gasteiger partial charge in [0.15, 0.2) is 0 Å². The summed E-state index contributed by atoms with van der Waals surface area (Å²) in [5, 5.41) is 4.05. The van der Waals surface area contributed by atoms with Crippen molar-refractivity contribution in [3.8, 4) is 0 Å². The van der Waals surface area contributed by atoms with Crippen molar-refractivity contribution in [3.63, 3.8) is 0 Å². The van der Waals surface area contributed by atoms with Crippen molar-refractivity contribution < 1.29 is 0 Å². The molecule has 0 aliphatic heterocycles. The van der Waals surface area contributed by atoms with Crippen LogP contribution >= 0.6 is 0 Å². The average Bonchev–Trinajstić information content (AvgIpc) is 2.89. The van der Waals surface area contributed by atoms with E-state index in [9.17, 15) is 0 Å². The lowest BCUT2D eigenvalue weighted by Gasteiger charge is -2.43. The van der Waals surface area contributed by atoms with E-state index in [-0.39, 0.29) is 0 Å². The summed E-state index contributed by atoms with van der Waals surface area (Å²) in [6, 6.07) is 17.9. The molecule has 3 N–H and O–H groups in total. The highest BCUT2D eigenvalue weighted by atomic mass is 14.9. The van der Waals surface area contributed by atoms with Gasteiger partial charge in [-0.05, 0) is 97.6 Å². The van der Waals surface area contributed by atoms with E-state index in [1.54, 1.807) is 0 Å². The molecular weight excluding hydrogens is 460 g/mol. The number of nitrogens with one attached hydrogen (secondary N) is 1. The average molecular weight is 517 g/mol. The number of rotatable bonds is 18. The van der Waals surface area contributed by atoms with Gasteiger partial charge in [-0.25, -0.2) is 0 Å². The number of nitrogens with two attached hydrogens (primary N) is 1. The summed E-state index contributed by atoms with van der Waals surface area (Å²) in [5.74, 6) is 0.908. The summed E-state index contributed by atoms with van der Waals surface area (Å²) in [7, 11) is 0. The fourth-order valence-corrected chi connectivity index (χ4v) is 6.34. The Morgan fingerprint density at radius 1 is 0.947 bits per heavy atom. The summed E-state index contributed by atoms with van der Waals surface area (Å²) in [6.07, 6.45) is 21.0. The third kappa shape index (κ3) is 9.92. The SMILES string of the molecule is CCCC(C)CCCCC1(CNC(CCC)CCCc2cccc(/C(N)=C/c3ccccc3C)c2)CCC1. The third-order valence-corrected chi connectivity index (χ3v) is 9.03. The number of benzene rings is 2. The molecule has 1 aliphatic carbocycles. The van der Waals surface area contributed by atoms with Crippen LogP contribution < -0.4 is 11.1 Å². The Morgan fingerprint density at radius 3 is 2.45 bits per heavy atom. The topological polar surface area (TPSA) is 38.0 Å². The van der Waals surface area contributed by atoms with Crippen LogP contribution in [0, 0.1) is 18.3 Å². The van der Waals surface area contributed by atoms with Crippen molar-refractivity contribution in [1.29, 1.82) is 0 Å². The molecule has 2 heteroatoms. The van der Waals surface area contributed by atoms with Gasteiger partial charge < -0.3 is 11.1 Å². The highest BCUT2D eigenvalue weighted by molar-refractivity contribution is 5.80. The number of aryl methyl sites for hydroxylation is 2. The van der Waals surface area contributed by atoms with Crippen LogP contribution in [0.25, 0.3) is 11.8 Å². The van der Waals surface area contributed by atoms with Gasteiger partial charge in [-0.3, -0.25) is 0 Å². The molecule has 1 saturated carbocycles. The van der Waals surface area contributed by atoms with Gasteiger partial charge in [0.05, 0.1) is 0 Å². The second-order valence-corrected chi connectivity index (χ2v) is 12.4. The van der Waals surface area contributed by atoms with E-state index >= 15 is 0 Å². The van der Waals surface area contributed by atoms with Crippen LogP contribution in [0.4, 0.5) is 0 Å². The lowest BCUT2D eigenvalue weighted by Crippen LogP contribution is -2.43. The number of hydrogen-bond acceptors (Lipinski definition) is 2. The Kier molecular flexibility index (Phi) is 12.9. The van der Waals surface area contributed by atoms with E-state index in [0.29, 0.717) is 11.5 Å². The zero-order valence-electron chi connectivity index (χ0n) is 25.0. The normalized spacial score (nSPS) is 16.7. The lowest BCUT2D eigenvalue weighted by atomic mass is 9.65. The number of hydrogen-bond donors (Lipinski definition) is 2. The van der Waals surface area contributed by atoms with Crippen molar-refractivity contribution >= 4 is 11.8 Å². The van der Waals surface area contributed by atoms with Gasteiger partial charge in [0.2, 0.25) is 0 Å². The molecule has 0 radical (unpaired) electrons. The molecule has 2 atom stereocenters. The Hall–Kier alpha value is -2.06. The maximum Gasteiger partial charge on any atom is 0.0393 e. The molecule has 2 aromatic rings. The van der Waals surface area contributed by atoms with Gasteiger partial charge in [-0.1, -0.05) is 108 Å². The van der Waals surface area contributed by atoms with Crippen molar-refractivity contribution in [2.24, 2.45) is 17.1 Å². The van der Waals surface area contributed by atoms with Crippen molar-refractivity contribution in [2.75, 3.05) is 6.54 Å². The summed E-state index contributed by atoms with van der Waals surface area (Å²) < 4.78 is 0. The Balaban J connectivity index is 1.46. The van der Waals surface area contributed by atoms with Crippen molar-refractivity contribution in [3.05, 3.63) is 70.8 Å². The first-order valence-corrected chi connectivity index (χ1v) is 15.8. The van der Waals surface area contributed by atoms with Crippen LogP contribution in [0.1, 0.15) is 126 Å². The minimum absolute atomic E-state index is 0.593. The zero-order valence-corrected chi connectivity index (χ0v) is 25.0. The van der Waals surface area contributed by atoms with Gasteiger partial charge in [0.1, 0.15) is 0 Å². The molecule has 2 unspecified atom stereocenters. The highest BCUT2D eigenvalue weighted by Crippen LogP contribution is 2.45. The molecule has 1 aliphatic rings. The van der Waals surface area contributed by atoms with Gasteiger partial charge in [0.25, 0.3) is 0 Å². The Morgan fingerprint density at radius 2 is 1.74 bits per heavy atom. The molecule has 2 nitrogen and oxygen atoms in total. The molecule has 1 fully saturated rings. The van der Waals surface area contributed by atoms with Gasteiger partial charge in [-0.2, -0.15) is 0 Å². The summed E-state index contributed by atoms with van der Waals surface area (Å²) >= 11 is 0. The molecule has 2 aromatic carbocycles. The van der Waals surface area contributed by atoms with Crippen LogP contribution in [0.3, 0.4) is 0 Å². The quantitative estimate of drug-likeness (QED) is 0.153. The van der Waals surface area contributed by atoms with Gasteiger partial charge in [0, 0.05) is 18.3 Å². The van der Waals surface area contributed by atoms with Crippen LogP contribution in [0.2, 0.25) is 0 Å². The van der Waals surface area contributed by atoms with E-state index in [0.717, 1.165) is 23.6 Å². The highest BCUT2D eigenvalue weighted by Gasteiger charge is 2.36. The fourth-order valence-electron chi connectivity index (χ4n) is 6.34. The molecule has 0 amide bonds. The second-order valence-electron chi connectivity index (χ2n) is 12.4. The first-order chi connectivity index (χ1) is 18.4. The van der Waals surface area contributed by atoms with Gasteiger partial charge in [-0.15, -0.1) is 0 Å². The third-order valence-electron chi connectivity index (χ3n) is 9.03. The zero-order chi connectivity index (χ0) is 27.2. The summed E-state index contributed by atoms with van der Waals surface area (Å²) in [6.45, 7) is 10.5. The summed E-state index contributed by atoms with van der Waals surface area (Å²) in [4.78, 5) is 0. The molecule has 0 bridgehead atoms. The Bertz CT molecular complexity index is 971. The first-order valence-electron chi connectivity index (χ1n) is 15.8. The molecular formula is C36H56N2.